The zero-order valence-electron chi connectivity index (χ0n) is 24.3. The minimum atomic E-state index is -0.829. The summed E-state index contributed by atoms with van der Waals surface area (Å²) in [4.78, 5) is 12.2. The molecule has 2 unspecified atom stereocenters. The van der Waals surface area contributed by atoms with Crippen molar-refractivity contribution in [3.8, 4) is 0 Å². The molecule has 3 N–H and O–H groups in total. The van der Waals surface area contributed by atoms with Crippen molar-refractivity contribution in [1.29, 1.82) is 0 Å². The first-order chi connectivity index (χ1) is 17.7. The fourth-order valence-corrected chi connectivity index (χ4v) is 4.76. The van der Waals surface area contributed by atoms with E-state index in [-0.39, 0.29) is 12.5 Å². The molecule has 1 amide bonds. The quantitative estimate of drug-likeness (QED) is 0.0729. The van der Waals surface area contributed by atoms with Crippen LogP contribution in [0.3, 0.4) is 0 Å². The second-order valence-electron chi connectivity index (χ2n) is 10.9. The summed E-state index contributed by atoms with van der Waals surface area (Å²) in [6.07, 6.45) is 32.9. The van der Waals surface area contributed by atoms with Crippen molar-refractivity contribution >= 4 is 5.91 Å². The van der Waals surface area contributed by atoms with Crippen LogP contribution in [0.15, 0.2) is 12.2 Å². The molecule has 0 fully saturated rings. The molecule has 4 heteroatoms. The lowest BCUT2D eigenvalue weighted by atomic mass is 10.0. The maximum atomic E-state index is 12.2. The molecular formula is C32H63NO3. The van der Waals surface area contributed by atoms with E-state index >= 15 is 0 Å². The van der Waals surface area contributed by atoms with Crippen LogP contribution in [0, 0.1) is 0 Å². The smallest absolute Gasteiger partial charge is 0.220 e. The number of aliphatic hydroxyl groups is 2. The molecule has 0 aromatic carbocycles. The van der Waals surface area contributed by atoms with Gasteiger partial charge in [0.2, 0.25) is 5.91 Å². The van der Waals surface area contributed by atoms with E-state index in [1.807, 2.05) is 6.08 Å². The van der Waals surface area contributed by atoms with Gasteiger partial charge in [0.1, 0.15) is 0 Å². The van der Waals surface area contributed by atoms with Crippen molar-refractivity contribution in [2.75, 3.05) is 6.61 Å². The van der Waals surface area contributed by atoms with Gasteiger partial charge in [0, 0.05) is 6.42 Å². The largest absolute Gasteiger partial charge is 0.394 e. The molecule has 0 spiro atoms. The summed E-state index contributed by atoms with van der Waals surface area (Å²) in [5, 5.41) is 22.7. The van der Waals surface area contributed by atoms with Crippen LogP contribution in [0.2, 0.25) is 0 Å². The molecule has 0 aliphatic rings. The summed E-state index contributed by atoms with van der Waals surface area (Å²) in [6, 6.07) is -0.612. The number of aliphatic hydroxyl groups excluding tert-OH is 2. The summed E-state index contributed by atoms with van der Waals surface area (Å²) in [6.45, 7) is 4.26. The third kappa shape index (κ3) is 24.8. The highest BCUT2D eigenvalue weighted by Crippen LogP contribution is 2.14. The zero-order valence-corrected chi connectivity index (χ0v) is 24.3. The summed E-state index contributed by atoms with van der Waals surface area (Å²) in [5.41, 5.74) is 0. The Morgan fingerprint density at radius 2 is 1.03 bits per heavy atom. The first-order valence-corrected chi connectivity index (χ1v) is 15.9. The van der Waals surface area contributed by atoms with Crippen molar-refractivity contribution in [3.63, 3.8) is 0 Å². The van der Waals surface area contributed by atoms with E-state index in [4.69, 9.17) is 0 Å². The molecule has 0 heterocycles. The van der Waals surface area contributed by atoms with Gasteiger partial charge in [-0.1, -0.05) is 154 Å². The van der Waals surface area contributed by atoms with Crippen LogP contribution in [0.5, 0.6) is 0 Å². The van der Waals surface area contributed by atoms with Crippen LogP contribution in [-0.4, -0.2) is 34.9 Å². The predicted octanol–water partition coefficient (Wildman–Crippen LogP) is 8.78. The van der Waals surface area contributed by atoms with Crippen LogP contribution < -0.4 is 5.32 Å². The number of nitrogens with one attached hydrogen (secondary N) is 1. The number of carbonyl (C=O) groups excluding carboxylic acids is 1. The van der Waals surface area contributed by atoms with Gasteiger partial charge in [-0.15, -0.1) is 0 Å². The lowest BCUT2D eigenvalue weighted by Crippen LogP contribution is -2.45. The van der Waals surface area contributed by atoms with Gasteiger partial charge in [-0.3, -0.25) is 4.79 Å². The zero-order chi connectivity index (χ0) is 26.5. The number of carbonyl (C=O) groups is 1. The molecule has 4 nitrogen and oxygen atoms in total. The average molecular weight is 510 g/mol. The Hall–Kier alpha value is -0.870. The van der Waals surface area contributed by atoms with E-state index in [9.17, 15) is 15.0 Å². The summed E-state index contributed by atoms with van der Waals surface area (Å²) >= 11 is 0. The van der Waals surface area contributed by atoms with Crippen LogP contribution in [0.1, 0.15) is 168 Å². The first-order valence-electron chi connectivity index (χ1n) is 15.9. The SMILES string of the molecule is CCCCCCCC/C=C/C(O)C(CO)NC(=O)CCCCCCCCCCCCCCCCCC. The van der Waals surface area contributed by atoms with Crippen LogP contribution in [0.25, 0.3) is 0 Å². The summed E-state index contributed by atoms with van der Waals surface area (Å²) < 4.78 is 0. The number of allylic oxidation sites excluding steroid dienone is 1. The molecule has 0 rings (SSSR count). The van der Waals surface area contributed by atoms with Gasteiger partial charge in [0.25, 0.3) is 0 Å². The standard InChI is InChI=1S/C32H63NO3/c1-3-5-7-9-11-13-14-15-16-17-18-19-20-22-24-26-28-32(36)33-30(29-34)31(35)27-25-23-21-12-10-8-6-4-2/h25,27,30-31,34-35H,3-24,26,28-29H2,1-2H3,(H,33,36)/b27-25+. The van der Waals surface area contributed by atoms with Gasteiger partial charge in [-0.2, -0.15) is 0 Å². The fourth-order valence-electron chi connectivity index (χ4n) is 4.76. The van der Waals surface area contributed by atoms with E-state index in [0.29, 0.717) is 6.42 Å². The van der Waals surface area contributed by atoms with Gasteiger partial charge in [-0.05, 0) is 19.3 Å². The Balaban J connectivity index is 3.58. The average Bonchev–Trinajstić information content (AvgIpc) is 2.88. The van der Waals surface area contributed by atoms with Gasteiger partial charge in [0.05, 0.1) is 18.8 Å². The Morgan fingerprint density at radius 1 is 0.639 bits per heavy atom. The number of rotatable bonds is 28. The molecule has 0 aliphatic heterocycles. The van der Waals surface area contributed by atoms with Crippen molar-refractivity contribution < 1.29 is 15.0 Å². The minimum absolute atomic E-state index is 0.0669. The number of unbranched alkanes of at least 4 members (excludes halogenated alkanes) is 21. The Morgan fingerprint density at radius 3 is 1.44 bits per heavy atom. The van der Waals surface area contributed by atoms with E-state index in [2.05, 4.69) is 19.2 Å². The molecule has 0 saturated carbocycles. The van der Waals surface area contributed by atoms with E-state index in [1.165, 1.54) is 122 Å². The first kappa shape index (κ1) is 35.1. The van der Waals surface area contributed by atoms with Gasteiger partial charge >= 0.3 is 0 Å². The fraction of sp³-hybridized carbons (Fsp3) is 0.906. The van der Waals surface area contributed by atoms with Crippen molar-refractivity contribution in [3.05, 3.63) is 12.2 Å². The highest BCUT2D eigenvalue weighted by Gasteiger charge is 2.17. The van der Waals surface area contributed by atoms with Crippen LogP contribution >= 0.6 is 0 Å². The van der Waals surface area contributed by atoms with Gasteiger partial charge in [-0.25, -0.2) is 0 Å². The third-order valence-electron chi connectivity index (χ3n) is 7.27. The second-order valence-corrected chi connectivity index (χ2v) is 10.9. The van der Waals surface area contributed by atoms with Gasteiger partial charge in [0.15, 0.2) is 0 Å². The number of hydrogen-bond donors (Lipinski definition) is 3. The van der Waals surface area contributed by atoms with Crippen molar-refractivity contribution in [2.24, 2.45) is 0 Å². The maximum absolute atomic E-state index is 12.2. The number of amides is 1. The van der Waals surface area contributed by atoms with Crippen LogP contribution in [0.4, 0.5) is 0 Å². The highest BCUT2D eigenvalue weighted by molar-refractivity contribution is 5.76. The molecule has 0 aromatic rings. The van der Waals surface area contributed by atoms with Crippen molar-refractivity contribution in [2.45, 2.75) is 180 Å². The minimum Gasteiger partial charge on any atom is -0.394 e. The highest BCUT2D eigenvalue weighted by atomic mass is 16.3. The molecule has 36 heavy (non-hydrogen) atoms. The third-order valence-corrected chi connectivity index (χ3v) is 7.27. The normalized spacial score (nSPS) is 13.3. The molecule has 0 bridgehead atoms. The predicted molar refractivity (Wildman–Crippen MR) is 156 cm³/mol. The molecule has 214 valence electrons. The molecule has 0 radical (unpaired) electrons. The van der Waals surface area contributed by atoms with Crippen molar-refractivity contribution in [1.82, 2.24) is 5.32 Å². The summed E-state index contributed by atoms with van der Waals surface area (Å²) in [7, 11) is 0. The second kappa shape index (κ2) is 28.7. The monoisotopic (exact) mass is 509 g/mol. The molecule has 0 aliphatic carbocycles. The molecule has 0 saturated heterocycles. The van der Waals surface area contributed by atoms with E-state index in [1.54, 1.807) is 6.08 Å². The van der Waals surface area contributed by atoms with E-state index in [0.717, 1.165) is 25.7 Å². The number of hydrogen-bond acceptors (Lipinski definition) is 3. The Kier molecular flexibility index (Phi) is 28.0. The molecule has 0 aromatic heterocycles. The lowest BCUT2D eigenvalue weighted by Gasteiger charge is -2.20. The summed E-state index contributed by atoms with van der Waals surface area (Å²) in [5.74, 6) is -0.0669. The molecular weight excluding hydrogens is 446 g/mol. The van der Waals surface area contributed by atoms with E-state index < -0.39 is 12.1 Å². The lowest BCUT2D eigenvalue weighted by molar-refractivity contribution is -0.123. The van der Waals surface area contributed by atoms with Crippen LogP contribution in [-0.2, 0) is 4.79 Å². The Bertz CT molecular complexity index is 480. The Labute approximate surface area is 225 Å². The molecule has 2 atom stereocenters. The van der Waals surface area contributed by atoms with Gasteiger partial charge < -0.3 is 15.5 Å². The topological polar surface area (TPSA) is 69.6 Å². The maximum Gasteiger partial charge on any atom is 0.220 e.